The summed E-state index contributed by atoms with van der Waals surface area (Å²) in [5.74, 6) is -0.645. The number of thiazole rings is 2. The van der Waals surface area contributed by atoms with E-state index in [1.807, 2.05) is 29.8 Å². The molecule has 0 bridgehead atoms. The highest BCUT2D eigenvalue weighted by atomic mass is 127. The molecule has 87 heavy (non-hydrogen) atoms. The molecule has 6 rings (SSSR count). The maximum atomic E-state index is 11.8. The lowest BCUT2D eigenvalue weighted by Gasteiger charge is -1.98. The lowest BCUT2D eigenvalue weighted by atomic mass is 10.2. The Hall–Kier alpha value is -14.1. The smallest absolute Gasteiger partial charge is 0.355 e. The molecule has 394 valence electrons. The quantitative estimate of drug-likeness (QED) is 0.103. The lowest BCUT2D eigenvalue weighted by Crippen LogP contribution is -2.06. The fourth-order valence-electron chi connectivity index (χ4n) is 5.26. The minimum Gasteiger partial charge on any atom is -0.461 e. The van der Waals surface area contributed by atoms with E-state index in [1.54, 1.807) is 48.1 Å². The Morgan fingerprint density at radius 2 is 0.713 bits per heavy atom. The van der Waals surface area contributed by atoms with Gasteiger partial charge in [0.15, 0.2) is 0 Å². The number of aromatic nitrogens is 4. The molecule has 0 aliphatic carbocycles. The summed E-state index contributed by atoms with van der Waals surface area (Å²) in [6.45, 7) is 11.0. The van der Waals surface area contributed by atoms with Crippen LogP contribution < -0.4 is 0 Å². The van der Waals surface area contributed by atoms with Gasteiger partial charge < -0.3 is 19.4 Å². The van der Waals surface area contributed by atoms with E-state index in [0.717, 1.165) is 45.8 Å². The zero-order chi connectivity index (χ0) is 61.2. The normalized spacial score (nSPS) is 6.79. The van der Waals surface area contributed by atoms with Gasteiger partial charge in [0.25, 0.3) is 0 Å². The van der Waals surface area contributed by atoms with Crippen molar-refractivity contribution in [3.05, 3.63) is 350 Å². The zero-order valence-corrected chi connectivity index (χ0v) is 48.4. The predicted octanol–water partition coefficient (Wildman–Crippen LogP) is 15.6. The second-order valence-electron chi connectivity index (χ2n) is 13.6. The molecule has 0 fully saturated rings. The van der Waals surface area contributed by atoms with Crippen LogP contribution in [0.5, 0.6) is 0 Å². The van der Waals surface area contributed by atoms with E-state index < -0.39 is 0 Å². The van der Waals surface area contributed by atoms with Crippen molar-refractivity contribution in [1.82, 2.24) is 19.9 Å². The molecule has 6 aromatic rings. The SMILES string of the molecule is C.C=C=C=C=C=C=C=C=C=C=C=C=C=C=C=C=C=C=C=C=C=C=C=C=C=C=C=C=C=C=C=C=C=C=C=C=C=C=C=C=C=C=C=C=C=C=C=C=C=C=C.CCOC(=O)c1[nH]c2ccc3scnc3c2c1I.CCOC(=O)c1cc2c(ccc3scnc32)[nH]1. The molecule has 0 aliphatic rings. The number of H-pyrrole nitrogens is 2. The monoisotopic (exact) mass is 1250 g/mol. The van der Waals surface area contributed by atoms with Gasteiger partial charge in [0.1, 0.15) is 11.4 Å². The molecule has 0 unspecified atom stereocenters. The minimum atomic E-state index is -0.327. The number of fused-ring (bicyclic) bond motifs is 6. The van der Waals surface area contributed by atoms with E-state index in [0.29, 0.717) is 24.6 Å². The minimum absolute atomic E-state index is 0. The van der Waals surface area contributed by atoms with Gasteiger partial charge in [-0.2, -0.15) is 0 Å². The number of carbonyl (C=O) groups is 2. The second kappa shape index (κ2) is 43.8. The summed E-state index contributed by atoms with van der Waals surface area (Å²) in [5, 5.41) is 1.96. The van der Waals surface area contributed by atoms with Crippen LogP contribution in [0, 0.1) is 3.57 Å². The molecular weight excluding hydrogens is 1220 g/mol. The van der Waals surface area contributed by atoms with Gasteiger partial charge >= 0.3 is 11.9 Å². The summed E-state index contributed by atoms with van der Waals surface area (Å²) < 4.78 is 13.1. The van der Waals surface area contributed by atoms with Crippen LogP contribution in [0.2, 0.25) is 0 Å². The van der Waals surface area contributed by atoms with Crippen LogP contribution in [0.15, 0.2) is 335 Å². The van der Waals surface area contributed by atoms with Crippen LogP contribution in [0.3, 0.4) is 0 Å². The molecule has 0 radical (unpaired) electrons. The largest absolute Gasteiger partial charge is 0.461 e. The second-order valence-corrected chi connectivity index (χ2v) is 16.4. The van der Waals surface area contributed by atoms with E-state index in [-0.39, 0.29) is 19.4 Å². The van der Waals surface area contributed by atoms with E-state index >= 15 is 0 Å². The van der Waals surface area contributed by atoms with Crippen molar-refractivity contribution in [2.24, 2.45) is 0 Å². The number of esters is 2. The van der Waals surface area contributed by atoms with Crippen molar-refractivity contribution in [2.75, 3.05) is 13.2 Å². The third-order valence-corrected chi connectivity index (χ3v) is 11.0. The Morgan fingerprint density at radius 1 is 0.425 bits per heavy atom. The van der Waals surface area contributed by atoms with E-state index in [9.17, 15) is 9.59 Å². The Labute approximate surface area is 519 Å². The van der Waals surface area contributed by atoms with Gasteiger partial charge in [0, 0.05) is 199 Å². The first-order valence-electron chi connectivity index (χ1n) is 23.4. The predicted molar refractivity (Wildman–Crippen MR) is 338 cm³/mol. The fourth-order valence-corrected chi connectivity index (χ4v) is 7.54. The van der Waals surface area contributed by atoms with Crippen LogP contribution >= 0.6 is 45.3 Å². The highest BCUT2D eigenvalue weighted by Gasteiger charge is 2.19. The molecule has 0 amide bonds. The molecule has 4 aromatic heterocycles. The van der Waals surface area contributed by atoms with E-state index in [2.05, 4.69) is 337 Å². The molecular formula is C76H27IN4O4S2. The van der Waals surface area contributed by atoms with Crippen molar-refractivity contribution in [3.8, 4) is 0 Å². The van der Waals surface area contributed by atoms with Crippen LogP contribution in [0.1, 0.15) is 42.3 Å². The standard InChI is InChI=1S/C51H4.C12H9IN2O2S.C12H10N2O2S.CH4/c1-3-5-7-9-11-13-15-17-19-21-23-25-27-29-31-33-35-37-39-41-43-45-47-49-51-50-48-46-44-42-40-38-36-34-32-30-28-26-24-22-20-18-16-14-12-10-8-6-4-2;1-2-17-12(16)11-9(13)8-6(15-11)3-4-7-10(8)14-5-18-7;1-2-16-12(15)9-5-7-8(14-9)3-4-10-11(7)13-6-17-10;/h1-2H2;3-5,15H,2H2,1H3;3-6,14H,2H2,1H3;1H4. The Bertz CT molecular complexity index is 5670. The molecule has 0 spiro atoms. The summed E-state index contributed by atoms with van der Waals surface area (Å²) in [5.41, 5.74) is 130. The molecule has 8 nitrogen and oxygen atoms in total. The summed E-state index contributed by atoms with van der Waals surface area (Å²) in [4.78, 5) is 38.3. The number of halogens is 1. The number of hydrogen-bond donors (Lipinski definition) is 2. The van der Waals surface area contributed by atoms with Gasteiger partial charge in [-0.05, 0) is 172 Å². The first-order chi connectivity index (χ1) is 42.4. The first-order valence-corrected chi connectivity index (χ1v) is 26.3. The van der Waals surface area contributed by atoms with Crippen LogP contribution in [-0.2, 0) is 9.47 Å². The number of rotatable bonds is 4. The average Bonchev–Trinajstić information content (AvgIpc) is 2.18. The molecule has 0 saturated carbocycles. The number of benzene rings is 2. The summed E-state index contributed by atoms with van der Waals surface area (Å²) >= 11 is 5.35. The van der Waals surface area contributed by atoms with E-state index in [1.165, 1.54) is 0 Å². The summed E-state index contributed by atoms with van der Waals surface area (Å²) in [6.07, 6.45) is 0. The molecule has 2 N–H and O–H groups in total. The van der Waals surface area contributed by atoms with Gasteiger partial charge in [-0.15, -0.1) is 22.7 Å². The van der Waals surface area contributed by atoms with Gasteiger partial charge in [0.05, 0.1) is 48.2 Å². The highest BCUT2D eigenvalue weighted by molar-refractivity contribution is 14.1. The van der Waals surface area contributed by atoms with Crippen LogP contribution in [-0.4, -0.2) is 45.1 Å². The average molecular weight is 1250 g/mol. The highest BCUT2D eigenvalue weighted by Crippen LogP contribution is 2.32. The van der Waals surface area contributed by atoms with Crippen LogP contribution in [0.25, 0.3) is 42.2 Å². The molecule has 2 aromatic carbocycles. The zero-order valence-electron chi connectivity index (χ0n) is 44.6. The summed E-state index contributed by atoms with van der Waals surface area (Å²) in [6, 6.07) is 9.74. The molecule has 0 atom stereocenters. The van der Waals surface area contributed by atoms with Crippen molar-refractivity contribution in [3.63, 3.8) is 0 Å². The fraction of sp³-hybridized carbons (Fsp3) is 0.0658. The molecule has 0 aliphatic heterocycles. The van der Waals surface area contributed by atoms with Gasteiger partial charge in [-0.3, -0.25) is 0 Å². The Balaban J connectivity index is 0.000000434. The van der Waals surface area contributed by atoms with Crippen molar-refractivity contribution in [1.29, 1.82) is 0 Å². The molecule has 4 heterocycles. The lowest BCUT2D eigenvalue weighted by molar-refractivity contribution is 0.0510. The van der Waals surface area contributed by atoms with Crippen LogP contribution in [0.4, 0.5) is 0 Å². The number of hydrogen-bond acceptors (Lipinski definition) is 8. The van der Waals surface area contributed by atoms with Crippen molar-refractivity contribution >= 4 is 99.4 Å². The van der Waals surface area contributed by atoms with Gasteiger partial charge in [-0.1, -0.05) is 18.9 Å². The first kappa shape index (κ1) is 67.2. The number of carbonyl (C=O) groups excluding carboxylic acids is 2. The van der Waals surface area contributed by atoms with Gasteiger partial charge in [-0.25, -0.2) is 19.6 Å². The maximum Gasteiger partial charge on any atom is 0.355 e. The third kappa shape index (κ3) is 27.1. The Morgan fingerprint density at radius 3 is 1.03 bits per heavy atom. The van der Waals surface area contributed by atoms with E-state index in [4.69, 9.17) is 9.47 Å². The number of ether oxygens (including phenoxy) is 2. The van der Waals surface area contributed by atoms with Crippen molar-refractivity contribution < 1.29 is 19.1 Å². The van der Waals surface area contributed by atoms with Gasteiger partial charge in [0.2, 0.25) is 0 Å². The number of nitrogens with zero attached hydrogens (tertiary/aromatic N) is 2. The summed E-state index contributed by atoms with van der Waals surface area (Å²) in [7, 11) is 0. The number of aromatic amines is 2. The maximum absolute atomic E-state index is 11.8. The molecule has 0 saturated heterocycles. The number of nitrogens with one attached hydrogen (secondary N) is 2. The molecule has 11 heteroatoms. The Kier molecular flexibility index (Phi) is 33.8. The third-order valence-electron chi connectivity index (χ3n) is 8.33. The van der Waals surface area contributed by atoms with Crippen molar-refractivity contribution in [2.45, 2.75) is 21.3 Å². The topological polar surface area (TPSA) is 110 Å².